The van der Waals surface area contributed by atoms with E-state index in [1.807, 2.05) is 141 Å². The van der Waals surface area contributed by atoms with Crippen molar-refractivity contribution in [2.45, 2.75) is 26.2 Å². The van der Waals surface area contributed by atoms with E-state index in [-0.39, 0.29) is 33.4 Å². The van der Waals surface area contributed by atoms with E-state index in [1.165, 1.54) is 0 Å². The first-order valence-electron chi connectivity index (χ1n) is 28.2. The number of para-hydroxylation sites is 5. The molecule has 7 heteroatoms. The molecule has 0 aliphatic carbocycles. The molecule has 0 bridgehead atoms. The van der Waals surface area contributed by atoms with Crippen molar-refractivity contribution in [3.05, 3.63) is 240 Å². The van der Waals surface area contributed by atoms with Gasteiger partial charge in [-0.2, -0.15) is 0 Å². The van der Waals surface area contributed by atoms with Gasteiger partial charge in [0.2, 0.25) is 0 Å². The number of benzene rings is 9. The third-order valence-corrected chi connectivity index (χ3v) is 14.2. The molecular formula is C64H47N5OPt. The normalized spacial score (nSPS) is 13.9. The van der Waals surface area contributed by atoms with Crippen molar-refractivity contribution in [3.63, 3.8) is 0 Å². The van der Waals surface area contributed by atoms with Gasteiger partial charge in [-0.15, -0.1) is 0 Å². The first-order chi connectivity index (χ1) is 38.9. The summed E-state index contributed by atoms with van der Waals surface area (Å²) in [5, 5.41) is 3.97. The van der Waals surface area contributed by atoms with Crippen LogP contribution in [0, 0.1) is 3.80 Å². The summed E-state index contributed by atoms with van der Waals surface area (Å²) < 4.78 is 107. The second-order valence-electron chi connectivity index (χ2n) is 18.4. The van der Waals surface area contributed by atoms with Crippen LogP contribution in [0.3, 0.4) is 0 Å². The Labute approximate surface area is 436 Å². The van der Waals surface area contributed by atoms with Gasteiger partial charge in [0.25, 0.3) is 0 Å². The zero-order valence-corrected chi connectivity index (χ0v) is 40.9. The molecule has 0 amide bonds. The first kappa shape index (κ1) is 33.3. The van der Waals surface area contributed by atoms with Crippen LogP contribution in [0.15, 0.2) is 230 Å². The summed E-state index contributed by atoms with van der Waals surface area (Å²) in [6.07, 6.45) is 1.94. The van der Waals surface area contributed by atoms with Gasteiger partial charge in [0.1, 0.15) is 0 Å². The Balaban J connectivity index is 1.06. The molecule has 0 fully saturated rings. The number of rotatable bonds is 8. The first-order valence-corrected chi connectivity index (χ1v) is 24.3. The fraction of sp³-hybridized carbons (Fsp3) is 0.0625. The number of ether oxygens (including phenoxy) is 1. The number of imidazole rings is 1. The predicted octanol–water partition coefficient (Wildman–Crippen LogP) is 16.5. The summed E-state index contributed by atoms with van der Waals surface area (Å²) in [5.74, 6) is 1.89. The molecule has 0 saturated heterocycles. The van der Waals surface area contributed by atoms with Gasteiger partial charge in [-0.1, -0.05) is 39.0 Å². The average molecular weight is 1110 g/mol. The molecule has 0 spiro atoms. The van der Waals surface area contributed by atoms with Gasteiger partial charge in [-0.05, 0) is 11.0 Å². The molecule has 6 nitrogen and oxygen atoms in total. The zero-order chi connectivity index (χ0) is 56.5. The SMILES string of the molecule is [2H]c1c([2H])c([2H])c(-c2cc(-n3c4ccccc4c4ccccc43)cc(-c3c([2H])c([2H])c([2H])c([2H])c3[2H])c2-n2[c](=[Pt])n(-c3cccc(Oc4ccc5c6ccccc6n(-c6ccc(C(C)(C)C)cn6)c5c4)c3)c3ccccc32)c([2H])c1[2H]. The van der Waals surface area contributed by atoms with Crippen molar-refractivity contribution in [1.82, 2.24) is 23.3 Å². The topological polar surface area (TPSA) is 41.8 Å². The maximum absolute atomic E-state index is 9.55. The van der Waals surface area contributed by atoms with E-state index in [2.05, 4.69) is 75.0 Å². The minimum absolute atomic E-state index is 0.0673. The minimum atomic E-state index is -0.578. The van der Waals surface area contributed by atoms with Crippen molar-refractivity contribution in [1.29, 1.82) is 0 Å². The zero-order valence-electron chi connectivity index (χ0n) is 48.6. The fourth-order valence-corrected chi connectivity index (χ4v) is 11.0. The predicted molar refractivity (Wildman–Crippen MR) is 288 cm³/mol. The Morgan fingerprint density at radius 3 is 1.54 bits per heavy atom. The molecule has 9 aromatic carbocycles. The second kappa shape index (κ2) is 17.0. The van der Waals surface area contributed by atoms with Crippen LogP contribution in [0.1, 0.15) is 40.0 Å². The van der Waals surface area contributed by atoms with Crippen molar-refractivity contribution in [2.24, 2.45) is 0 Å². The molecule has 71 heavy (non-hydrogen) atoms. The van der Waals surface area contributed by atoms with E-state index in [0.717, 1.165) is 55.0 Å². The van der Waals surface area contributed by atoms with E-state index in [1.54, 1.807) is 12.1 Å². The monoisotopic (exact) mass is 1110 g/mol. The summed E-state index contributed by atoms with van der Waals surface area (Å²) in [6.45, 7) is 6.50. The Kier molecular flexibility index (Phi) is 7.95. The number of pyridine rings is 1. The van der Waals surface area contributed by atoms with Crippen LogP contribution in [-0.2, 0) is 24.8 Å². The van der Waals surface area contributed by atoms with Crippen molar-refractivity contribution in [2.75, 3.05) is 0 Å². The molecule has 0 atom stereocenters. The number of fused-ring (bicyclic) bond motifs is 7. The summed E-state index contributed by atoms with van der Waals surface area (Å²) >= 11 is 2.20. The summed E-state index contributed by atoms with van der Waals surface area (Å²) in [6, 6.07) is 47.6. The molecule has 0 N–H and O–H groups in total. The number of nitrogens with zero attached hydrogens (tertiary/aromatic N) is 5. The van der Waals surface area contributed by atoms with Gasteiger partial charge in [0, 0.05) is 6.20 Å². The van der Waals surface area contributed by atoms with E-state index in [9.17, 15) is 5.48 Å². The molecule has 0 saturated carbocycles. The third kappa shape index (κ3) is 7.20. The van der Waals surface area contributed by atoms with Gasteiger partial charge >= 0.3 is 382 Å². The second-order valence-corrected chi connectivity index (χ2v) is 19.5. The van der Waals surface area contributed by atoms with Gasteiger partial charge in [0.15, 0.2) is 0 Å². The molecule has 0 aliphatic rings. The van der Waals surface area contributed by atoms with Crippen LogP contribution >= 0.6 is 0 Å². The Morgan fingerprint density at radius 1 is 0.451 bits per heavy atom. The van der Waals surface area contributed by atoms with E-state index >= 15 is 0 Å². The molecule has 0 unspecified atom stereocenters. The fourth-order valence-electron chi connectivity index (χ4n) is 9.95. The van der Waals surface area contributed by atoms with Crippen LogP contribution in [0.25, 0.3) is 99.8 Å². The van der Waals surface area contributed by atoms with Crippen LogP contribution in [-0.4, -0.2) is 23.3 Å². The molecule has 4 heterocycles. The van der Waals surface area contributed by atoms with Gasteiger partial charge < -0.3 is 0 Å². The Bertz CT molecular complexity index is 4680. The quantitative estimate of drug-likeness (QED) is 0.152. The third-order valence-electron chi connectivity index (χ3n) is 13.2. The van der Waals surface area contributed by atoms with Crippen LogP contribution in [0.5, 0.6) is 11.5 Å². The van der Waals surface area contributed by atoms with E-state index < -0.39 is 60.4 Å². The number of aromatic nitrogens is 5. The maximum atomic E-state index is 9.55. The van der Waals surface area contributed by atoms with Gasteiger partial charge in [0.05, 0.1) is 0 Å². The van der Waals surface area contributed by atoms with Crippen LogP contribution in [0.4, 0.5) is 0 Å². The number of hydrogen-bond donors (Lipinski definition) is 0. The van der Waals surface area contributed by atoms with Crippen LogP contribution < -0.4 is 4.74 Å². The summed E-state index contributed by atoms with van der Waals surface area (Å²) in [7, 11) is 0. The molecule has 13 rings (SSSR count). The van der Waals surface area contributed by atoms with Crippen LogP contribution in [0.2, 0.25) is 0 Å². The Hall–Kier alpha value is -8.31. The molecule has 0 radical (unpaired) electrons. The molecule has 0 aliphatic heterocycles. The number of hydrogen-bond acceptors (Lipinski definition) is 2. The summed E-state index contributed by atoms with van der Waals surface area (Å²) in [5.41, 5.74) is 7.25. The van der Waals surface area contributed by atoms with E-state index in [4.69, 9.17) is 17.9 Å². The standard InChI is InChI=1S/C64H47N5O.Pt/c1-64(2,3)45-33-36-62(65-41-45)69-58-30-15-12-27-52(58)53-35-34-49(40-61(53)69)70-48-24-18-23-46(37-48)66-42-67(60-32-17-16-31-59(60)66)63-54(43-19-6-4-7-20-43)38-47(39-55(63)44-21-8-5-9-22-44)68-56-28-13-10-25-50(56)51-26-11-14-29-57(51)68;/h4-41H,1-3H3;/i4D,5D,6D,7D,8D,9D,19D,20D,21D,22D;. The molecular weight excluding hydrogens is 1050 g/mol. The molecule has 344 valence electrons. The van der Waals surface area contributed by atoms with Gasteiger partial charge in [-0.3, -0.25) is 0 Å². The molecule has 4 aromatic heterocycles. The van der Waals surface area contributed by atoms with Crippen molar-refractivity contribution >= 4 is 54.6 Å². The Morgan fingerprint density at radius 2 is 0.972 bits per heavy atom. The van der Waals surface area contributed by atoms with E-state index in [0.29, 0.717) is 37.7 Å². The van der Waals surface area contributed by atoms with Crippen molar-refractivity contribution < 1.29 is 37.8 Å². The van der Waals surface area contributed by atoms with Crippen molar-refractivity contribution in [3.8, 4) is 56.6 Å². The average Bonchev–Trinajstić information content (AvgIpc) is 3.46. The summed E-state index contributed by atoms with van der Waals surface area (Å²) in [4.78, 5) is 4.96. The van der Waals surface area contributed by atoms with Gasteiger partial charge in [-0.25, -0.2) is 0 Å². The molecule has 13 aromatic rings.